The lowest BCUT2D eigenvalue weighted by Crippen LogP contribution is -2.46. The summed E-state index contributed by atoms with van der Waals surface area (Å²) in [5.41, 5.74) is 3.09. The first kappa shape index (κ1) is 12.6. The second-order valence-electron chi connectivity index (χ2n) is 5.95. The van der Waals surface area contributed by atoms with Crippen LogP contribution >= 0.6 is 0 Å². The van der Waals surface area contributed by atoms with E-state index < -0.39 is 0 Å². The Kier molecular flexibility index (Phi) is 2.47. The summed E-state index contributed by atoms with van der Waals surface area (Å²) in [7, 11) is 0. The smallest absolute Gasteiger partial charge is 0.157 e. The Morgan fingerprint density at radius 2 is 2.00 bits per heavy atom. The Morgan fingerprint density at radius 1 is 1.13 bits per heavy atom. The van der Waals surface area contributed by atoms with Crippen molar-refractivity contribution in [3.8, 4) is 0 Å². The highest BCUT2D eigenvalue weighted by molar-refractivity contribution is 5.84. The van der Waals surface area contributed by atoms with Gasteiger partial charge < -0.3 is 4.90 Å². The normalized spacial score (nSPS) is 15.4. The fourth-order valence-electron chi connectivity index (χ4n) is 3.18. The molecule has 1 fully saturated rings. The Bertz CT molecular complexity index is 1010. The summed E-state index contributed by atoms with van der Waals surface area (Å²) in [6.07, 6.45) is 3.72. The van der Waals surface area contributed by atoms with Crippen molar-refractivity contribution < 1.29 is 0 Å². The van der Waals surface area contributed by atoms with Crippen LogP contribution in [0.4, 0.5) is 5.82 Å². The number of anilines is 1. The lowest BCUT2D eigenvalue weighted by molar-refractivity contribution is 0.499. The standard InChI is InChI=1S/C16H15N7/c1-10-18-15(21-20-10)11-7-22(8-11)16-14-6-17-9-23(14)13-5-3-2-4-12(13)19-16/h2-6,9,11H,7-8H2,1H3,(H,18,20,21). The van der Waals surface area contributed by atoms with Gasteiger partial charge in [0.05, 0.1) is 29.5 Å². The molecule has 0 unspecified atom stereocenters. The van der Waals surface area contributed by atoms with Gasteiger partial charge >= 0.3 is 0 Å². The van der Waals surface area contributed by atoms with Crippen LogP contribution in [-0.2, 0) is 0 Å². The number of H-pyrrole nitrogens is 1. The second-order valence-corrected chi connectivity index (χ2v) is 5.95. The molecule has 1 aliphatic rings. The van der Waals surface area contributed by atoms with Crippen LogP contribution < -0.4 is 4.90 Å². The van der Waals surface area contributed by atoms with E-state index in [1.165, 1.54) is 0 Å². The summed E-state index contributed by atoms with van der Waals surface area (Å²) in [4.78, 5) is 15.8. The maximum absolute atomic E-state index is 4.85. The number of aromatic amines is 1. The molecule has 0 bridgehead atoms. The lowest BCUT2D eigenvalue weighted by Gasteiger charge is -2.38. The molecule has 1 N–H and O–H groups in total. The summed E-state index contributed by atoms with van der Waals surface area (Å²) in [5, 5.41) is 7.18. The number of para-hydroxylation sites is 2. The van der Waals surface area contributed by atoms with Crippen molar-refractivity contribution in [1.82, 2.24) is 29.5 Å². The van der Waals surface area contributed by atoms with Gasteiger partial charge in [0.2, 0.25) is 0 Å². The monoisotopic (exact) mass is 305 g/mol. The topological polar surface area (TPSA) is 75.0 Å². The van der Waals surface area contributed by atoms with E-state index in [0.29, 0.717) is 5.92 Å². The summed E-state index contributed by atoms with van der Waals surface area (Å²) < 4.78 is 2.10. The van der Waals surface area contributed by atoms with Gasteiger partial charge in [-0.3, -0.25) is 9.50 Å². The minimum absolute atomic E-state index is 0.358. The third-order valence-corrected chi connectivity index (χ3v) is 4.40. The van der Waals surface area contributed by atoms with Crippen LogP contribution in [0.25, 0.3) is 16.6 Å². The van der Waals surface area contributed by atoms with E-state index >= 15 is 0 Å². The predicted octanol–water partition coefficient (Wildman–Crippen LogP) is 1.91. The third kappa shape index (κ3) is 1.82. The molecule has 1 aromatic carbocycles. The van der Waals surface area contributed by atoms with E-state index in [4.69, 9.17) is 4.98 Å². The molecule has 3 aromatic heterocycles. The number of fused-ring (bicyclic) bond motifs is 3. The number of nitrogens with zero attached hydrogens (tertiary/aromatic N) is 6. The van der Waals surface area contributed by atoms with Crippen molar-refractivity contribution in [3.63, 3.8) is 0 Å². The number of benzene rings is 1. The van der Waals surface area contributed by atoms with Crippen LogP contribution in [0.3, 0.4) is 0 Å². The molecule has 0 atom stereocenters. The van der Waals surface area contributed by atoms with Gasteiger partial charge in [0.25, 0.3) is 0 Å². The van der Waals surface area contributed by atoms with Crippen LogP contribution in [0, 0.1) is 6.92 Å². The van der Waals surface area contributed by atoms with Gasteiger partial charge in [-0.1, -0.05) is 12.1 Å². The molecule has 114 valence electrons. The SMILES string of the molecule is Cc1nc(C2CN(c3nc4ccccc4n4cncc34)C2)n[nH]1. The largest absolute Gasteiger partial charge is 0.353 e. The van der Waals surface area contributed by atoms with Gasteiger partial charge in [-0.15, -0.1) is 0 Å². The zero-order valence-corrected chi connectivity index (χ0v) is 12.6. The predicted molar refractivity (Wildman–Crippen MR) is 86.6 cm³/mol. The zero-order chi connectivity index (χ0) is 15.4. The van der Waals surface area contributed by atoms with Gasteiger partial charge in [-0.05, 0) is 19.1 Å². The van der Waals surface area contributed by atoms with E-state index in [0.717, 1.165) is 47.1 Å². The van der Waals surface area contributed by atoms with Crippen molar-refractivity contribution >= 4 is 22.4 Å². The Labute approximate surface area is 132 Å². The summed E-state index contributed by atoms with van der Waals surface area (Å²) in [5.74, 6) is 3.09. The van der Waals surface area contributed by atoms with Gasteiger partial charge in [0, 0.05) is 13.1 Å². The zero-order valence-electron chi connectivity index (χ0n) is 12.6. The highest BCUT2D eigenvalue weighted by atomic mass is 15.3. The Hall–Kier alpha value is -2.96. The van der Waals surface area contributed by atoms with E-state index in [1.807, 2.05) is 37.6 Å². The number of aryl methyl sites for hydroxylation is 1. The molecule has 0 radical (unpaired) electrons. The van der Waals surface area contributed by atoms with Crippen molar-refractivity contribution in [2.45, 2.75) is 12.8 Å². The highest BCUT2D eigenvalue weighted by Crippen LogP contribution is 2.32. The second kappa shape index (κ2) is 4.52. The molecule has 5 rings (SSSR count). The molecule has 7 heteroatoms. The number of rotatable bonds is 2. The first-order valence-electron chi connectivity index (χ1n) is 7.64. The fraction of sp³-hybridized carbons (Fsp3) is 0.250. The summed E-state index contributed by atoms with van der Waals surface area (Å²) in [6.45, 7) is 3.68. The fourth-order valence-corrected chi connectivity index (χ4v) is 3.18. The number of hydrogen-bond acceptors (Lipinski definition) is 5. The molecule has 4 heterocycles. The molecule has 23 heavy (non-hydrogen) atoms. The van der Waals surface area contributed by atoms with Gasteiger partial charge in [0.15, 0.2) is 11.6 Å². The van der Waals surface area contributed by atoms with Crippen molar-refractivity contribution in [2.24, 2.45) is 0 Å². The maximum Gasteiger partial charge on any atom is 0.157 e. The van der Waals surface area contributed by atoms with E-state index in [2.05, 4.69) is 35.5 Å². The van der Waals surface area contributed by atoms with E-state index in [-0.39, 0.29) is 0 Å². The number of imidazole rings is 1. The minimum atomic E-state index is 0.358. The van der Waals surface area contributed by atoms with Crippen molar-refractivity contribution in [3.05, 3.63) is 48.4 Å². The number of hydrogen-bond donors (Lipinski definition) is 1. The molecule has 4 aromatic rings. The lowest BCUT2D eigenvalue weighted by atomic mass is 9.99. The van der Waals surface area contributed by atoms with Gasteiger partial charge in [-0.25, -0.2) is 15.0 Å². The third-order valence-electron chi connectivity index (χ3n) is 4.40. The molecular formula is C16H15N7. The highest BCUT2D eigenvalue weighted by Gasteiger charge is 2.33. The summed E-state index contributed by atoms with van der Waals surface area (Å²) in [6, 6.07) is 8.13. The Balaban J connectivity index is 1.54. The summed E-state index contributed by atoms with van der Waals surface area (Å²) >= 11 is 0. The quantitative estimate of drug-likeness (QED) is 0.612. The van der Waals surface area contributed by atoms with Gasteiger partial charge in [-0.2, -0.15) is 5.10 Å². The van der Waals surface area contributed by atoms with Crippen LogP contribution in [0.2, 0.25) is 0 Å². The molecular weight excluding hydrogens is 290 g/mol. The van der Waals surface area contributed by atoms with E-state index in [1.54, 1.807) is 0 Å². The van der Waals surface area contributed by atoms with E-state index in [9.17, 15) is 0 Å². The molecule has 0 saturated carbocycles. The van der Waals surface area contributed by atoms with Crippen LogP contribution in [0.15, 0.2) is 36.8 Å². The molecule has 0 spiro atoms. The van der Waals surface area contributed by atoms with Gasteiger partial charge in [0.1, 0.15) is 11.3 Å². The van der Waals surface area contributed by atoms with Crippen LogP contribution in [0.1, 0.15) is 17.6 Å². The number of nitrogens with one attached hydrogen (secondary N) is 1. The van der Waals surface area contributed by atoms with Crippen LogP contribution in [-0.4, -0.2) is 42.6 Å². The first-order valence-corrected chi connectivity index (χ1v) is 7.64. The average Bonchev–Trinajstić information content (AvgIpc) is 3.15. The molecule has 1 aliphatic heterocycles. The average molecular weight is 305 g/mol. The van der Waals surface area contributed by atoms with Crippen LogP contribution in [0.5, 0.6) is 0 Å². The Morgan fingerprint density at radius 3 is 2.83 bits per heavy atom. The maximum atomic E-state index is 4.85. The first-order chi connectivity index (χ1) is 11.3. The molecule has 0 aliphatic carbocycles. The molecule has 7 nitrogen and oxygen atoms in total. The van der Waals surface area contributed by atoms with Crippen molar-refractivity contribution in [2.75, 3.05) is 18.0 Å². The minimum Gasteiger partial charge on any atom is -0.353 e. The van der Waals surface area contributed by atoms with Crippen molar-refractivity contribution in [1.29, 1.82) is 0 Å². The molecule has 0 amide bonds. The number of aromatic nitrogens is 6. The molecule has 1 saturated heterocycles.